The summed E-state index contributed by atoms with van der Waals surface area (Å²) in [4.78, 5) is 4.21. The van der Waals surface area contributed by atoms with E-state index < -0.39 is 19.6 Å². The van der Waals surface area contributed by atoms with Crippen LogP contribution < -0.4 is 0 Å². The Morgan fingerprint density at radius 1 is 0.938 bits per heavy atom. The van der Waals surface area contributed by atoms with Gasteiger partial charge < -0.3 is 10.4 Å². The maximum absolute atomic E-state index is 9.36. The minimum Gasteiger partial charge on any atom is -0.811 e. The number of hydrogen-bond acceptors (Lipinski definition) is 1. The van der Waals surface area contributed by atoms with E-state index in [0.29, 0.717) is 22.2 Å². The first-order valence-corrected chi connectivity index (χ1v) is 16.0. The Hall–Kier alpha value is -4.17. The van der Waals surface area contributed by atoms with E-state index in [-0.39, 0.29) is 31.2 Å². The Balaban J connectivity index is 0.000000241. The predicted octanol–water partition coefficient (Wildman–Crippen LogP) is 12.1. The molecule has 0 N–H and O–H groups in total. The Kier molecular flexibility index (Phi) is 10.00. The SMILES string of the molecule is [2H]C([2H])([2H])c1ccc(-c2[c-]cc(C([2H])([2H])[2H])c(-c3ccccc3)c2)nc1.[2H]C1(c2ccc(C(/C=C(\C)c3[c-]cccc3)=C/C=[N-])cc2)CCC(C)(C)CC1.[Ir+3]. The van der Waals surface area contributed by atoms with E-state index in [9.17, 15) is 5.41 Å². The van der Waals surface area contributed by atoms with Gasteiger partial charge in [-0.3, -0.25) is 0 Å². The molecule has 3 heteroatoms. The first kappa shape index (κ1) is 27.7. The van der Waals surface area contributed by atoms with Crippen molar-refractivity contribution in [3.8, 4) is 22.4 Å². The van der Waals surface area contributed by atoms with E-state index in [2.05, 4.69) is 61.3 Å². The molecule has 0 saturated heterocycles. The third-order valence-corrected chi connectivity index (χ3v) is 8.67. The number of nitrogens with zero attached hydrogens (tertiary/aromatic N) is 2. The van der Waals surface area contributed by atoms with Crippen molar-refractivity contribution in [1.29, 1.82) is 0 Å². The summed E-state index contributed by atoms with van der Waals surface area (Å²) in [5.41, 5.74) is 8.43. The van der Waals surface area contributed by atoms with Gasteiger partial charge in [-0.25, -0.2) is 0 Å². The number of hydrogen-bond donors (Lipinski definition) is 0. The van der Waals surface area contributed by atoms with E-state index >= 15 is 0 Å². The zero-order chi connectivity index (χ0) is 39.1. The molecule has 5 aromatic rings. The van der Waals surface area contributed by atoms with Crippen LogP contribution in [0.15, 0.2) is 121 Å². The number of allylic oxidation sites excluding steroid dienone is 4. The smallest absolute Gasteiger partial charge is 0.811 e. The number of pyridine rings is 1. The average Bonchev–Trinajstić information content (AvgIpc) is 3.16. The van der Waals surface area contributed by atoms with Gasteiger partial charge in [0, 0.05) is 15.8 Å². The first-order valence-electron chi connectivity index (χ1n) is 19.5. The fraction of sp³-hybridized carbons (Fsp3) is 0.244. The van der Waals surface area contributed by atoms with Gasteiger partial charge in [0.15, 0.2) is 0 Å². The largest absolute Gasteiger partial charge is 3.00 e. The molecule has 48 heavy (non-hydrogen) atoms. The second kappa shape index (κ2) is 17.3. The van der Waals surface area contributed by atoms with Crippen molar-refractivity contribution in [2.45, 2.75) is 66.1 Å². The molecular weight excluding hydrogens is 761 g/mol. The molecule has 1 aliphatic rings. The van der Waals surface area contributed by atoms with Crippen LogP contribution in [0.5, 0.6) is 0 Å². The van der Waals surface area contributed by atoms with Crippen molar-refractivity contribution in [2.24, 2.45) is 5.41 Å². The molecule has 1 heterocycles. The predicted molar refractivity (Wildman–Crippen MR) is 201 cm³/mol. The monoisotopic (exact) mass is 813 g/mol. The van der Waals surface area contributed by atoms with Crippen LogP contribution in [0.2, 0.25) is 0 Å². The molecule has 0 radical (unpaired) electrons. The standard InChI is InChI=1S/C26H29N.C19H16N.Ir/c1-20(21-7-5-4-6-8-21)19-25(15-18-27)23-11-9-22(10-12-23)24-13-16-26(2,3)17-14-24;1-14-8-11-19(20-13-14)17-10-9-15(2)18(12-17)16-6-4-3-5-7-16;/h4-7,9-12,15,18-19,24H,13-14,16-17H2,1-3H3;3-9,11-13H,1-2H3;/q-2;-1;+3/b20-19+,25-15+;;/i24D;1D3,2D3;. The Morgan fingerprint density at radius 2 is 1.69 bits per heavy atom. The summed E-state index contributed by atoms with van der Waals surface area (Å²) in [6.07, 6.45) is 10.2. The Morgan fingerprint density at radius 3 is 2.31 bits per heavy atom. The van der Waals surface area contributed by atoms with Crippen molar-refractivity contribution < 1.29 is 29.7 Å². The topological polar surface area (TPSA) is 35.2 Å². The van der Waals surface area contributed by atoms with Gasteiger partial charge in [0.2, 0.25) is 0 Å². The Labute approximate surface area is 311 Å². The zero-order valence-corrected chi connectivity index (χ0v) is 30.1. The van der Waals surface area contributed by atoms with Crippen LogP contribution in [0, 0.1) is 31.3 Å². The van der Waals surface area contributed by atoms with E-state index in [1.54, 1.807) is 18.2 Å². The molecule has 1 fully saturated rings. The summed E-state index contributed by atoms with van der Waals surface area (Å²) in [5, 5.41) is 9.36. The van der Waals surface area contributed by atoms with E-state index in [4.69, 9.17) is 9.60 Å². The minimum atomic E-state index is -2.27. The van der Waals surface area contributed by atoms with Crippen molar-refractivity contribution >= 4 is 17.4 Å². The van der Waals surface area contributed by atoms with Crippen LogP contribution in [0.4, 0.5) is 0 Å². The molecule has 0 spiro atoms. The third kappa shape index (κ3) is 9.92. The fourth-order valence-corrected chi connectivity index (χ4v) is 5.72. The number of aromatic nitrogens is 1. The molecule has 2 nitrogen and oxygen atoms in total. The molecule has 1 aliphatic carbocycles. The second-order valence-corrected chi connectivity index (χ2v) is 12.7. The summed E-state index contributed by atoms with van der Waals surface area (Å²) in [6, 6.07) is 38.0. The molecule has 1 aromatic heterocycles. The zero-order valence-electron chi connectivity index (χ0n) is 34.7. The minimum absolute atomic E-state index is 0. The molecule has 0 bridgehead atoms. The van der Waals surface area contributed by atoms with Crippen LogP contribution in [-0.2, 0) is 20.1 Å². The van der Waals surface area contributed by atoms with Gasteiger partial charge in [0.1, 0.15) is 0 Å². The molecule has 1 saturated carbocycles. The number of aryl methyl sites for hydroxylation is 2. The van der Waals surface area contributed by atoms with Gasteiger partial charge in [0.25, 0.3) is 0 Å². The maximum atomic E-state index is 9.36. The van der Waals surface area contributed by atoms with E-state index in [1.807, 2.05) is 61.5 Å². The van der Waals surface area contributed by atoms with Crippen molar-refractivity contribution in [3.63, 3.8) is 0 Å². The van der Waals surface area contributed by atoms with Gasteiger partial charge in [-0.2, -0.15) is 6.21 Å². The Bertz CT molecular complexity index is 2070. The van der Waals surface area contributed by atoms with Gasteiger partial charge in [-0.05, 0) is 77.4 Å². The van der Waals surface area contributed by atoms with Crippen molar-refractivity contribution in [2.75, 3.05) is 0 Å². The van der Waals surface area contributed by atoms with Gasteiger partial charge >= 0.3 is 20.1 Å². The van der Waals surface area contributed by atoms with Crippen LogP contribution in [0.25, 0.3) is 38.9 Å². The summed E-state index contributed by atoms with van der Waals surface area (Å²) >= 11 is 0. The van der Waals surface area contributed by atoms with Gasteiger partial charge in [0.05, 0.1) is 0 Å². The number of rotatable bonds is 7. The summed E-state index contributed by atoms with van der Waals surface area (Å²) in [6.45, 7) is 2.18. The first-order chi connectivity index (χ1) is 25.5. The summed E-state index contributed by atoms with van der Waals surface area (Å²) in [7, 11) is 0. The van der Waals surface area contributed by atoms with Crippen LogP contribution in [-0.4, -0.2) is 11.2 Å². The molecule has 0 aliphatic heterocycles. The molecule has 244 valence electrons. The van der Waals surface area contributed by atoms with Crippen LogP contribution >= 0.6 is 0 Å². The average molecular weight is 813 g/mol. The molecular formula is C45H45IrN2. The number of benzene rings is 4. The third-order valence-electron chi connectivity index (χ3n) is 8.67. The second-order valence-electron chi connectivity index (χ2n) is 12.7. The van der Waals surface area contributed by atoms with Gasteiger partial charge in [-0.15, -0.1) is 70.8 Å². The summed E-state index contributed by atoms with van der Waals surface area (Å²) < 4.78 is 54.5. The van der Waals surface area contributed by atoms with E-state index in [1.165, 1.54) is 18.3 Å². The fourth-order valence-electron chi connectivity index (χ4n) is 5.72. The molecule has 0 atom stereocenters. The maximum Gasteiger partial charge on any atom is 3.00 e. The van der Waals surface area contributed by atoms with Gasteiger partial charge in [-0.1, -0.05) is 112 Å². The van der Waals surface area contributed by atoms with Crippen LogP contribution in [0.1, 0.15) is 89.8 Å². The van der Waals surface area contributed by atoms with Crippen LogP contribution in [0.3, 0.4) is 0 Å². The molecule has 4 aromatic carbocycles. The normalized spacial score (nSPS) is 18.0. The van der Waals surface area contributed by atoms with Crippen molar-refractivity contribution in [3.05, 3.63) is 167 Å². The summed E-state index contributed by atoms with van der Waals surface area (Å²) in [5.74, 6) is -0.480. The van der Waals surface area contributed by atoms with Crippen molar-refractivity contribution in [1.82, 2.24) is 4.98 Å². The molecule has 0 unspecified atom stereocenters. The quantitative estimate of drug-likeness (QED) is 0.0916. The van der Waals surface area contributed by atoms with E-state index in [0.717, 1.165) is 65.3 Å². The molecule has 6 rings (SSSR count). The molecule has 0 amide bonds.